The molecule has 0 radical (unpaired) electrons. The van der Waals surface area contributed by atoms with Gasteiger partial charge in [0.1, 0.15) is 11.5 Å². The maximum Gasteiger partial charge on any atom is 0.234 e. The minimum atomic E-state index is -3.20. The van der Waals surface area contributed by atoms with Crippen LogP contribution in [0.25, 0.3) is 0 Å². The number of carbonyl (C=O) groups is 1. The molecule has 1 N–H and O–H groups in total. The minimum absolute atomic E-state index is 0.000190. The smallest absolute Gasteiger partial charge is 0.234 e. The van der Waals surface area contributed by atoms with Crippen LogP contribution in [0.15, 0.2) is 41.4 Å². The Morgan fingerprint density at radius 2 is 1.88 bits per heavy atom. The third-order valence-electron chi connectivity index (χ3n) is 5.83. The Balaban J connectivity index is 1.59. The van der Waals surface area contributed by atoms with Crippen LogP contribution < -0.4 is 19.7 Å². The van der Waals surface area contributed by atoms with Crippen LogP contribution in [0.3, 0.4) is 0 Å². The molecular weight excluding hydrogens is 462 g/mol. The molecule has 2 aromatic carbocycles. The standard InChI is InChI=1S/C23H27N3O5S2/c1-14-6-5-7-15(2)22(14)25-21(27)11-32-23-24-17-12-33(28,29)13-19(17)26(23)18-10-16(30-3)8-9-20(18)31-4/h5-10,17,19H,11-13H2,1-4H3,(H,25,27)/t17-,19+/m0/s1. The molecule has 0 aromatic heterocycles. The van der Waals surface area contributed by atoms with E-state index in [4.69, 9.17) is 14.5 Å². The number of nitrogens with one attached hydrogen (secondary N) is 1. The van der Waals surface area contributed by atoms with E-state index in [9.17, 15) is 13.2 Å². The van der Waals surface area contributed by atoms with Crippen molar-refractivity contribution >= 4 is 44.0 Å². The molecule has 0 spiro atoms. The average molecular weight is 490 g/mol. The lowest BCUT2D eigenvalue weighted by molar-refractivity contribution is -0.113. The van der Waals surface area contributed by atoms with Crippen molar-refractivity contribution < 1.29 is 22.7 Å². The zero-order valence-electron chi connectivity index (χ0n) is 19.0. The molecule has 8 nitrogen and oxygen atoms in total. The molecule has 1 saturated heterocycles. The monoisotopic (exact) mass is 489 g/mol. The molecule has 4 rings (SSSR count). The van der Waals surface area contributed by atoms with Crippen molar-refractivity contribution in [3.05, 3.63) is 47.5 Å². The number of fused-ring (bicyclic) bond motifs is 1. The number of anilines is 2. The number of rotatable bonds is 6. The fraction of sp³-hybridized carbons (Fsp3) is 0.391. The third kappa shape index (κ3) is 4.81. The summed E-state index contributed by atoms with van der Waals surface area (Å²) in [6.45, 7) is 3.91. The zero-order chi connectivity index (χ0) is 23.8. The molecule has 0 saturated carbocycles. The molecule has 2 heterocycles. The van der Waals surface area contributed by atoms with Gasteiger partial charge in [-0.15, -0.1) is 0 Å². The van der Waals surface area contributed by atoms with Gasteiger partial charge in [0.05, 0.1) is 49.2 Å². The van der Waals surface area contributed by atoms with Crippen molar-refractivity contribution in [3.63, 3.8) is 0 Å². The van der Waals surface area contributed by atoms with Crippen LogP contribution in [-0.2, 0) is 14.6 Å². The highest BCUT2D eigenvalue weighted by Crippen LogP contribution is 2.41. The molecule has 2 atom stereocenters. The van der Waals surface area contributed by atoms with Crippen molar-refractivity contribution in [3.8, 4) is 11.5 Å². The van der Waals surface area contributed by atoms with E-state index in [-0.39, 0.29) is 35.2 Å². The predicted molar refractivity (Wildman–Crippen MR) is 133 cm³/mol. The Hall–Kier alpha value is -2.72. The second-order valence-corrected chi connectivity index (χ2v) is 11.2. The number of benzene rings is 2. The summed E-state index contributed by atoms with van der Waals surface area (Å²) in [4.78, 5) is 19.3. The molecule has 33 heavy (non-hydrogen) atoms. The Morgan fingerprint density at radius 1 is 1.15 bits per heavy atom. The molecule has 0 unspecified atom stereocenters. The van der Waals surface area contributed by atoms with Gasteiger partial charge in [-0.3, -0.25) is 9.79 Å². The Labute approximate surface area is 198 Å². The topological polar surface area (TPSA) is 97.3 Å². The van der Waals surface area contributed by atoms with Gasteiger partial charge in [0.2, 0.25) is 5.91 Å². The van der Waals surface area contributed by atoms with E-state index in [0.29, 0.717) is 22.4 Å². The first-order valence-electron chi connectivity index (χ1n) is 10.5. The summed E-state index contributed by atoms with van der Waals surface area (Å²) in [5.74, 6) is 1.18. The minimum Gasteiger partial charge on any atom is -0.497 e. The Kier molecular flexibility index (Phi) is 6.58. The van der Waals surface area contributed by atoms with E-state index < -0.39 is 9.84 Å². The van der Waals surface area contributed by atoms with E-state index in [1.54, 1.807) is 32.4 Å². The lowest BCUT2D eigenvalue weighted by Gasteiger charge is -2.28. The quantitative estimate of drug-likeness (QED) is 0.666. The van der Waals surface area contributed by atoms with Crippen LogP contribution in [0.2, 0.25) is 0 Å². The lowest BCUT2D eigenvalue weighted by atomic mass is 10.1. The SMILES string of the molecule is COc1ccc(OC)c(N2C(SCC(=O)Nc3c(C)cccc3C)=N[C@H]3CS(=O)(=O)C[C@H]32)c1. The molecule has 1 fully saturated rings. The molecule has 2 aliphatic rings. The van der Waals surface area contributed by atoms with Crippen LogP contribution in [0, 0.1) is 13.8 Å². The van der Waals surface area contributed by atoms with Gasteiger partial charge in [-0.25, -0.2) is 8.42 Å². The number of amidine groups is 1. The van der Waals surface area contributed by atoms with Crippen LogP contribution in [0.5, 0.6) is 11.5 Å². The number of methoxy groups -OCH3 is 2. The summed E-state index contributed by atoms with van der Waals surface area (Å²) >= 11 is 1.29. The molecule has 0 aliphatic carbocycles. The molecule has 2 aliphatic heterocycles. The van der Waals surface area contributed by atoms with Crippen LogP contribution in [-0.4, -0.2) is 63.1 Å². The summed E-state index contributed by atoms with van der Waals surface area (Å²) in [6.07, 6.45) is 0. The third-order valence-corrected chi connectivity index (χ3v) is 8.50. The van der Waals surface area contributed by atoms with Crippen molar-refractivity contribution in [1.29, 1.82) is 0 Å². The maximum atomic E-state index is 12.7. The number of hydrogen-bond acceptors (Lipinski definition) is 8. The highest BCUT2D eigenvalue weighted by molar-refractivity contribution is 8.14. The Bertz CT molecular complexity index is 1190. The fourth-order valence-electron chi connectivity index (χ4n) is 4.22. The summed E-state index contributed by atoms with van der Waals surface area (Å²) in [5.41, 5.74) is 3.47. The summed E-state index contributed by atoms with van der Waals surface area (Å²) in [5, 5.41) is 3.59. The van der Waals surface area contributed by atoms with Gasteiger partial charge >= 0.3 is 0 Å². The van der Waals surface area contributed by atoms with Gasteiger partial charge in [-0.05, 0) is 37.1 Å². The number of thioether (sulfide) groups is 1. The van der Waals surface area contributed by atoms with Crippen LogP contribution >= 0.6 is 11.8 Å². The average Bonchev–Trinajstić information content (AvgIpc) is 3.25. The highest BCUT2D eigenvalue weighted by atomic mass is 32.2. The predicted octanol–water partition coefficient (Wildman–Crippen LogP) is 3.03. The van der Waals surface area contributed by atoms with Gasteiger partial charge < -0.3 is 19.7 Å². The number of hydrogen-bond donors (Lipinski definition) is 1. The Morgan fingerprint density at radius 3 is 2.55 bits per heavy atom. The first-order valence-corrected chi connectivity index (χ1v) is 13.3. The molecule has 10 heteroatoms. The van der Waals surface area contributed by atoms with E-state index in [0.717, 1.165) is 16.8 Å². The van der Waals surface area contributed by atoms with E-state index in [2.05, 4.69) is 5.32 Å². The summed E-state index contributed by atoms with van der Waals surface area (Å²) < 4.78 is 35.6. The summed E-state index contributed by atoms with van der Waals surface area (Å²) in [6, 6.07) is 10.5. The van der Waals surface area contributed by atoms with Crippen molar-refractivity contribution in [1.82, 2.24) is 0 Å². The maximum absolute atomic E-state index is 12.7. The van der Waals surface area contributed by atoms with E-state index in [1.165, 1.54) is 11.8 Å². The van der Waals surface area contributed by atoms with Crippen LogP contribution in [0.4, 0.5) is 11.4 Å². The van der Waals surface area contributed by atoms with Crippen molar-refractivity contribution in [2.75, 3.05) is 41.7 Å². The van der Waals surface area contributed by atoms with Gasteiger partial charge in [0.25, 0.3) is 0 Å². The second-order valence-electron chi connectivity index (χ2n) is 8.13. The van der Waals surface area contributed by atoms with Crippen molar-refractivity contribution in [2.45, 2.75) is 25.9 Å². The van der Waals surface area contributed by atoms with Gasteiger partial charge in [0.15, 0.2) is 15.0 Å². The van der Waals surface area contributed by atoms with Crippen molar-refractivity contribution in [2.24, 2.45) is 4.99 Å². The first-order chi connectivity index (χ1) is 15.7. The number of nitrogens with zero attached hydrogens (tertiary/aromatic N) is 2. The van der Waals surface area contributed by atoms with Crippen LogP contribution in [0.1, 0.15) is 11.1 Å². The summed E-state index contributed by atoms with van der Waals surface area (Å²) in [7, 11) is -0.0648. The van der Waals surface area contributed by atoms with Gasteiger partial charge in [-0.1, -0.05) is 30.0 Å². The fourth-order valence-corrected chi connectivity index (χ4v) is 6.98. The second kappa shape index (κ2) is 9.26. The molecule has 1 amide bonds. The first kappa shape index (κ1) is 23.4. The number of aryl methyl sites for hydroxylation is 2. The number of ether oxygens (including phenoxy) is 2. The van der Waals surface area contributed by atoms with E-state index in [1.807, 2.05) is 36.9 Å². The zero-order valence-corrected chi connectivity index (χ0v) is 20.6. The number of para-hydroxylation sites is 1. The molecular formula is C23H27N3O5S2. The largest absolute Gasteiger partial charge is 0.497 e. The lowest BCUT2D eigenvalue weighted by Crippen LogP contribution is -2.39. The van der Waals surface area contributed by atoms with Gasteiger partial charge in [-0.2, -0.15) is 0 Å². The normalized spacial score (nSPS) is 20.8. The molecule has 2 aromatic rings. The number of aliphatic imine (C=N–C) groups is 1. The number of amides is 1. The molecule has 176 valence electrons. The van der Waals surface area contributed by atoms with Gasteiger partial charge in [0, 0.05) is 11.8 Å². The number of sulfone groups is 1. The highest BCUT2D eigenvalue weighted by Gasteiger charge is 2.48. The number of carbonyl (C=O) groups excluding carboxylic acids is 1. The molecule has 0 bridgehead atoms. The van der Waals surface area contributed by atoms with E-state index >= 15 is 0 Å².